The van der Waals surface area contributed by atoms with Gasteiger partial charge in [0.15, 0.2) is 11.6 Å². The molecule has 0 fully saturated rings. The summed E-state index contributed by atoms with van der Waals surface area (Å²) >= 11 is 0. The molecule has 3 aromatic carbocycles. The third kappa shape index (κ3) is 3.95. The zero-order valence-electron chi connectivity index (χ0n) is 18.3. The second-order valence-electron chi connectivity index (χ2n) is 7.54. The Bertz CT molecular complexity index is 1280. The van der Waals surface area contributed by atoms with Gasteiger partial charge in [-0.15, -0.1) is 0 Å². The van der Waals surface area contributed by atoms with E-state index < -0.39 is 0 Å². The van der Waals surface area contributed by atoms with Crippen molar-refractivity contribution >= 4 is 11.6 Å². The molecule has 0 aliphatic heterocycles. The highest BCUT2D eigenvalue weighted by molar-refractivity contribution is 6.17. The topological polar surface area (TPSA) is 56.3 Å². The predicted octanol–water partition coefficient (Wildman–Crippen LogP) is 5.84. The number of benzene rings is 3. The molecule has 32 heavy (non-hydrogen) atoms. The van der Waals surface area contributed by atoms with Crippen molar-refractivity contribution in [2.45, 2.75) is 13.8 Å². The molecule has 0 unspecified atom stereocenters. The van der Waals surface area contributed by atoms with E-state index in [0.717, 1.165) is 5.56 Å². The summed E-state index contributed by atoms with van der Waals surface area (Å²) < 4.78 is 5.27. The maximum Gasteiger partial charge on any atom is 0.195 e. The molecular weight excluding hydrogens is 398 g/mol. The number of pyridine rings is 1. The average Bonchev–Trinajstić information content (AvgIpc) is 2.84. The van der Waals surface area contributed by atoms with Gasteiger partial charge in [0.25, 0.3) is 0 Å². The standard InChI is InChI=1S/C28H23NO3/c1-18-24(27(30)21-10-6-4-7-11-21)19(2)29-26(20-14-16-23(32-3)17-15-20)25(18)28(31)22-12-8-5-9-13-22/h4-17H,1-3H3. The highest BCUT2D eigenvalue weighted by Gasteiger charge is 2.26. The summed E-state index contributed by atoms with van der Waals surface area (Å²) in [5.74, 6) is 0.411. The minimum atomic E-state index is -0.163. The van der Waals surface area contributed by atoms with Crippen molar-refractivity contribution in [3.8, 4) is 17.0 Å². The fourth-order valence-corrected chi connectivity index (χ4v) is 3.89. The highest BCUT2D eigenvalue weighted by atomic mass is 16.5. The van der Waals surface area contributed by atoms with Crippen molar-refractivity contribution in [3.05, 3.63) is 118 Å². The van der Waals surface area contributed by atoms with Crippen molar-refractivity contribution in [2.75, 3.05) is 7.11 Å². The summed E-state index contributed by atoms with van der Waals surface area (Å²) in [6, 6.07) is 25.6. The lowest BCUT2D eigenvalue weighted by molar-refractivity contribution is 0.103. The van der Waals surface area contributed by atoms with Crippen LogP contribution in [0, 0.1) is 13.8 Å². The molecule has 0 N–H and O–H groups in total. The number of nitrogens with zero attached hydrogens (tertiary/aromatic N) is 1. The second kappa shape index (κ2) is 8.98. The van der Waals surface area contributed by atoms with E-state index in [1.165, 1.54) is 0 Å². The van der Waals surface area contributed by atoms with E-state index in [1.54, 1.807) is 31.4 Å². The molecule has 158 valence electrons. The predicted molar refractivity (Wildman–Crippen MR) is 125 cm³/mol. The summed E-state index contributed by atoms with van der Waals surface area (Å²) in [4.78, 5) is 31.8. The summed E-state index contributed by atoms with van der Waals surface area (Å²) in [5, 5.41) is 0. The van der Waals surface area contributed by atoms with Crippen molar-refractivity contribution in [1.82, 2.24) is 4.98 Å². The molecule has 0 aliphatic rings. The fourth-order valence-electron chi connectivity index (χ4n) is 3.89. The third-order valence-corrected chi connectivity index (χ3v) is 5.52. The Morgan fingerprint density at radius 1 is 0.688 bits per heavy atom. The van der Waals surface area contributed by atoms with Crippen LogP contribution < -0.4 is 4.74 Å². The molecule has 0 bridgehead atoms. The lowest BCUT2D eigenvalue weighted by Crippen LogP contribution is -2.15. The molecule has 0 atom stereocenters. The Morgan fingerprint density at radius 2 is 1.19 bits per heavy atom. The highest BCUT2D eigenvalue weighted by Crippen LogP contribution is 2.32. The Morgan fingerprint density at radius 3 is 1.69 bits per heavy atom. The lowest BCUT2D eigenvalue weighted by Gasteiger charge is -2.17. The minimum Gasteiger partial charge on any atom is -0.497 e. The fraction of sp³-hybridized carbons (Fsp3) is 0.107. The van der Waals surface area contributed by atoms with Crippen molar-refractivity contribution < 1.29 is 14.3 Å². The van der Waals surface area contributed by atoms with Crippen LogP contribution in [-0.4, -0.2) is 23.7 Å². The largest absolute Gasteiger partial charge is 0.497 e. The number of hydrogen-bond donors (Lipinski definition) is 0. The normalized spacial score (nSPS) is 10.6. The zero-order chi connectivity index (χ0) is 22.7. The van der Waals surface area contributed by atoms with Gasteiger partial charge in [-0.25, -0.2) is 0 Å². The van der Waals surface area contributed by atoms with E-state index in [0.29, 0.717) is 45.0 Å². The first kappa shape index (κ1) is 21.2. The molecule has 1 heterocycles. The molecule has 0 saturated heterocycles. The van der Waals surface area contributed by atoms with Gasteiger partial charge in [0.2, 0.25) is 0 Å². The molecule has 0 saturated carbocycles. The van der Waals surface area contributed by atoms with Crippen LogP contribution in [-0.2, 0) is 0 Å². The molecule has 1 aromatic heterocycles. The van der Waals surface area contributed by atoms with Gasteiger partial charge >= 0.3 is 0 Å². The SMILES string of the molecule is COc1ccc(-c2nc(C)c(C(=O)c3ccccc3)c(C)c2C(=O)c2ccccc2)cc1. The van der Waals surface area contributed by atoms with E-state index in [4.69, 9.17) is 9.72 Å². The van der Waals surface area contributed by atoms with Crippen molar-refractivity contribution in [3.63, 3.8) is 0 Å². The molecule has 4 heteroatoms. The number of aromatic nitrogens is 1. The van der Waals surface area contributed by atoms with E-state index in [9.17, 15) is 9.59 Å². The number of rotatable bonds is 6. The molecule has 0 spiro atoms. The summed E-state index contributed by atoms with van der Waals surface area (Å²) in [6.07, 6.45) is 0. The molecule has 0 aliphatic carbocycles. The van der Waals surface area contributed by atoms with E-state index in [-0.39, 0.29) is 11.6 Å². The average molecular weight is 421 g/mol. The molecular formula is C28H23NO3. The molecule has 0 amide bonds. The van der Waals surface area contributed by atoms with Crippen LogP contribution in [0.4, 0.5) is 0 Å². The van der Waals surface area contributed by atoms with Crippen molar-refractivity contribution in [2.24, 2.45) is 0 Å². The Labute approximate surface area is 187 Å². The molecule has 4 nitrogen and oxygen atoms in total. The number of aryl methyl sites for hydroxylation is 1. The quantitative estimate of drug-likeness (QED) is 0.367. The van der Waals surface area contributed by atoms with Gasteiger partial charge in [-0.1, -0.05) is 60.7 Å². The summed E-state index contributed by atoms with van der Waals surface area (Å²) in [7, 11) is 1.61. The number of ketones is 2. The van der Waals surface area contributed by atoms with Crippen LogP contribution in [0.1, 0.15) is 43.1 Å². The van der Waals surface area contributed by atoms with Crippen LogP contribution in [0.15, 0.2) is 84.9 Å². The van der Waals surface area contributed by atoms with Gasteiger partial charge in [0.1, 0.15) is 5.75 Å². The van der Waals surface area contributed by atoms with E-state index in [2.05, 4.69) is 0 Å². The Kier molecular flexibility index (Phi) is 5.95. The number of methoxy groups -OCH3 is 1. The maximum atomic E-state index is 13.6. The van der Waals surface area contributed by atoms with Crippen LogP contribution in [0.2, 0.25) is 0 Å². The maximum absolute atomic E-state index is 13.6. The van der Waals surface area contributed by atoms with Crippen LogP contribution in [0.3, 0.4) is 0 Å². The van der Waals surface area contributed by atoms with Gasteiger partial charge in [0, 0.05) is 27.9 Å². The third-order valence-electron chi connectivity index (χ3n) is 5.52. The van der Waals surface area contributed by atoms with E-state index >= 15 is 0 Å². The first-order valence-electron chi connectivity index (χ1n) is 10.4. The minimum absolute atomic E-state index is 0.142. The number of carbonyl (C=O) groups excluding carboxylic acids is 2. The number of hydrogen-bond acceptors (Lipinski definition) is 4. The van der Waals surface area contributed by atoms with Gasteiger partial charge in [0.05, 0.1) is 18.4 Å². The Balaban J connectivity index is 1.96. The van der Waals surface area contributed by atoms with Gasteiger partial charge in [-0.3, -0.25) is 14.6 Å². The zero-order valence-corrected chi connectivity index (χ0v) is 18.3. The molecule has 0 radical (unpaired) electrons. The lowest BCUT2D eigenvalue weighted by atomic mass is 9.88. The molecule has 4 rings (SSSR count). The number of carbonyl (C=O) groups is 2. The van der Waals surface area contributed by atoms with E-state index in [1.807, 2.05) is 74.5 Å². The Hall–Kier alpha value is -4.05. The monoisotopic (exact) mass is 421 g/mol. The van der Waals surface area contributed by atoms with Crippen LogP contribution >= 0.6 is 0 Å². The first-order chi connectivity index (χ1) is 15.5. The smallest absolute Gasteiger partial charge is 0.195 e. The summed E-state index contributed by atoms with van der Waals surface area (Å²) in [6.45, 7) is 3.64. The van der Waals surface area contributed by atoms with Crippen molar-refractivity contribution in [1.29, 1.82) is 0 Å². The van der Waals surface area contributed by atoms with Gasteiger partial charge < -0.3 is 4.74 Å². The second-order valence-corrected chi connectivity index (χ2v) is 7.54. The number of ether oxygens (including phenoxy) is 1. The van der Waals surface area contributed by atoms with Gasteiger partial charge in [-0.2, -0.15) is 0 Å². The summed E-state index contributed by atoms with van der Waals surface area (Å²) in [5.41, 5.74) is 4.58. The van der Waals surface area contributed by atoms with Crippen LogP contribution in [0.25, 0.3) is 11.3 Å². The first-order valence-corrected chi connectivity index (χ1v) is 10.4. The van der Waals surface area contributed by atoms with Gasteiger partial charge in [-0.05, 0) is 43.7 Å². The van der Waals surface area contributed by atoms with Crippen LogP contribution in [0.5, 0.6) is 5.75 Å². The molecule has 4 aromatic rings.